The van der Waals surface area contributed by atoms with Crippen molar-refractivity contribution >= 4 is 89.8 Å². The Labute approximate surface area is 501 Å². The van der Waals surface area contributed by atoms with Crippen molar-refractivity contribution in [1.29, 1.82) is 0 Å². The maximum absolute atomic E-state index is 2.38. The van der Waals surface area contributed by atoms with Crippen molar-refractivity contribution in [2.75, 3.05) is 19.6 Å². The van der Waals surface area contributed by atoms with Gasteiger partial charge in [-0.2, -0.15) is 0 Å². The molecular weight excluding hydrogens is 1030 g/mol. The van der Waals surface area contributed by atoms with Crippen LogP contribution in [0.25, 0.3) is 43.8 Å². The Morgan fingerprint density at radius 1 is 0.165 bits per heavy atom. The van der Waals surface area contributed by atoms with E-state index in [-0.39, 0.29) is 0 Å². The van der Waals surface area contributed by atoms with Gasteiger partial charge >= 0.3 is 0 Å². The average molecular weight is 1100 g/mol. The topological polar surface area (TPSA) is 13.0 Å². The van der Waals surface area contributed by atoms with Crippen LogP contribution in [0.5, 0.6) is 0 Å². The highest BCUT2D eigenvalue weighted by Gasteiger charge is 2.22. The highest BCUT2D eigenvalue weighted by Crippen LogP contribution is 2.48. The molecule has 412 valence electrons. The number of benzene rings is 13. The number of fused-ring (bicyclic) bond motifs is 3. The molecule has 13 aromatic rings. The summed E-state index contributed by atoms with van der Waals surface area (Å²) in [6.45, 7) is 15.1. The summed E-state index contributed by atoms with van der Waals surface area (Å²) in [6, 6.07) is 105. The Morgan fingerprint density at radius 2 is 0.353 bits per heavy atom. The molecule has 4 nitrogen and oxygen atoms in total. The van der Waals surface area contributed by atoms with Gasteiger partial charge in [-0.3, -0.25) is 0 Å². The van der Waals surface area contributed by atoms with Crippen LogP contribution in [0.2, 0.25) is 0 Å². The second-order valence-corrected chi connectivity index (χ2v) is 22.8. The van der Waals surface area contributed by atoms with Crippen LogP contribution in [0, 0.1) is 48.5 Å². The van der Waals surface area contributed by atoms with Gasteiger partial charge in [-0.15, -0.1) is 0 Å². The van der Waals surface area contributed by atoms with E-state index in [9.17, 15) is 0 Å². The number of anilines is 12. The molecule has 4 heteroatoms. The molecule has 0 aliphatic rings. The molecule has 13 aromatic carbocycles. The van der Waals surface area contributed by atoms with Crippen molar-refractivity contribution < 1.29 is 0 Å². The van der Waals surface area contributed by atoms with Gasteiger partial charge in [0.2, 0.25) is 0 Å². The molecule has 0 aromatic heterocycles. The van der Waals surface area contributed by atoms with Crippen LogP contribution in [0.4, 0.5) is 68.2 Å². The molecule has 0 amide bonds. The van der Waals surface area contributed by atoms with Crippen molar-refractivity contribution in [3.05, 3.63) is 324 Å². The van der Waals surface area contributed by atoms with E-state index < -0.39 is 0 Å². The van der Waals surface area contributed by atoms with Gasteiger partial charge in [0.1, 0.15) is 0 Å². The van der Waals surface area contributed by atoms with Crippen LogP contribution >= 0.6 is 0 Å². The monoisotopic (exact) mass is 1100 g/mol. The van der Waals surface area contributed by atoms with Crippen molar-refractivity contribution in [1.82, 2.24) is 0 Å². The third kappa shape index (κ3) is 10.9. The first kappa shape index (κ1) is 53.9. The summed E-state index contributed by atoms with van der Waals surface area (Å²) in [5, 5.41) is 4.93. The summed E-state index contributed by atoms with van der Waals surface area (Å²) in [7, 11) is 0. The first-order chi connectivity index (χ1) is 41.5. The molecule has 0 unspecified atom stereocenters. The molecule has 0 heterocycles. The fraction of sp³-hybridized carbons (Fsp3) is 0.0864. The van der Waals surface area contributed by atoms with Gasteiger partial charge in [0.05, 0.1) is 0 Å². The third-order valence-corrected chi connectivity index (χ3v) is 16.5. The molecule has 0 aliphatic carbocycles. The van der Waals surface area contributed by atoms with E-state index >= 15 is 0 Å². The number of rotatable bonds is 14. The van der Waals surface area contributed by atoms with Crippen molar-refractivity contribution in [2.45, 2.75) is 48.5 Å². The summed E-state index contributed by atoms with van der Waals surface area (Å²) < 4.78 is 0. The normalized spacial score (nSPS) is 11.2. The maximum Gasteiger partial charge on any atom is 0.0463 e. The van der Waals surface area contributed by atoms with Crippen molar-refractivity contribution in [3.8, 4) is 22.3 Å². The smallest absolute Gasteiger partial charge is 0.0463 e. The lowest BCUT2D eigenvalue weighted by molar-refractivity contribution is 1.25. The van der Waals surface area contributed by atoms with Gasteiger partial charge in [0.15, 0.2) is 0 Å². The zero-order valence-electron chi connectivity index (χ0n) is 49.4. The lowest BCUT2D eigenvalue weighted by Gasteiger charge is -2.29. The molecular formula is C81H68N4. The minimum absolute atomic E-state index is 1.07. The van der Waals surface area contributed by atoms with Gasteiger partial charge in [-0.1, -0.05) is 178 Å². The number of aryl methyl sites for hydroxylation is 7. The van der Waals surface area contributed by atoms with Gasteiger partial charge in [0.25, 0.3) is 0 Å². The summed E-state index contributed by atoms with van der Waals surface area (Å²) in [5.74, 6) is 0. The first-order valence-electron chi connectivity index (χ1n) is 29.5. The predicted molar refractivity (Wildman–Crippen MR) is 364 cm³/mol. The summed E-state index contributed by atoms with van der Waals surface area (Å²) in [4.78, 5) is 9.41. The molecule has 0 N–H and O–H groups in total. The molecule has 0 radical (unpaired) electrons. The van der Waals surface area contributed by atoms with E-state index in [2.05, 4.69) is 353 Å². The van der Waals surface area contributed by atoms with E-state index in [1.165, 1.54) is 71.6 Å². The van der Waals surface area contributed by atoms with E-state index in [1.54, 1.807) is 0 Å². The largest absolute Gasteiger partial charge is 0.311 e. The average Bonchev–Trinajstić information content (AvgIpc) is 1.54. The summed E-state index contributed by atoms with van der Waals surface area (Å²) in [6.07, 6.45) is 0. The first-order valence-corrected chi connectivity index (χ1v) is 29.5. The van der Waals surface area contributed by atoms with E-state index in [1.807, 2.05) is 0 Å². The molecule has 13 rings (SSSR count). The second-order valence-electron chi connectivity index (χ2n) is 22.8. The zero-order chi connectivity index (χ0) is 58.1. The molecule has 0 saturated heterocycles. The number of hydrogen-bond donors (Lipinski definition) is 0. The lowest BCUT2D eigenvalue weighted by atomic mass is 9.84. The molecule has 85 heavy (non-hydrogen) atoms. The Balaban J connectivity index is 0.898. The number of hydrogen-bond acceptors (Lipinski definition) is 4. The Bertz CT molecular complexity index is 4370. The maximum atomic E-state index is 2.38. The van der Waals surface area contributed by atoms with Crippen LogP contribution in [-0.2, 0) is 0 Å². The van der Waals surface area contributed by atoms with Gasteiger partial charge in [-0.25, -0.2) is 0 Å². The van der Waals surface area contributed by atoms with Crippen LogP contribution in [-0.4, -0.2) is 0 Å². The Morgan fingerprint density at radius 3 is 0.612 bits per heavy atom. The van der Waals surface area contributed by atoms with E-state index in [0.29, 0.717) is 0 Å². The van der Waals surface area contributed by atoms with Crippen LogP contribution < -0.4 is 19.6 Å². The minimum Gasteiger partial charge on any atom is -0.311 e. The van der Waals surface area contributed by atoms with Crippen LogP contribution in [0.3, 0.4) is 0 Å². The van der Waals surface area contributed by atoms with E-state index in [0.717, 1.165) is 79.4 Å². The van der Waals surface area contributed by atoms with Crippen LogP contribution in [0.1, 0.15) is 38.9 Å². The highest BCUT2D eigenvalue weighted by molar-refractivity contribution is 6.21. The fourth-order valence-electron chi connectivity index (χ4n) is 11.9. The lowest BCUT2D eigenvalue weighted by Crippen LogP contribution is -2.12. The fourth-order valence-corrected chi connectivity index (χ4v) is 11.9. The SMILES string of the molecule is Cc1ccc(N(c2ccc(C)cc2)c2ccc(N(c3ccc(C)cc3)c3ccc(-c4c(-c5ccc(N(c6ccc(C)cc6)c6ccc(N(c7ccc(C)cc7)c7ccc(C)cc7)cc6)cc5)c5cc(C)ccc5c5ccccc45)cc3)cc2)cc1. The van der Waals surface area contributed by atoms with Gasteiger partial charge in [0, 0.05) is 68.2 Å². The molecule has 0 atom stereocenters. The zero-order valence-corrected chi connectivity index (χ0v) is 49.4. The quantitative estimate of drug-likeness (QED) is 0.101. The second kappa shape index (κ2) is 23.1. The Kier molecular flexibility index (Phi) is 14.6. The minimum atomic E-state index is 1.07. The van der Waals surface area contributed by atoms with Gasteiger partial charge < -0.3 is 19.6 Å². The molecule has 0 aliphatic heterocycles. The van der Waals surface area contributed by atoms with Crippen molar-refractivity contribution in [2.24, 2.45) is 0 Å². The van der Waals surface area contributed by atoms with Crippen LogP contribution in [0.15, 0.2) is 285 Å². The molecule has 0 saturated carbocycles. The third-order valence-electron chi connectivity index (χ3n) is 16.5. The summed E-state index contributed by atoms with van der Waals surface area (Å²) in [5.41, 5.74) is 26.5. The van der Waals surface area contributed by atoms with Crippen molar-refractivity contribution in [3.63, 3.8) is 0 Å². The molecule has 0 bridgehead atoms. The standard InChI is InChI=1S/C81H68N4/c1-55-12-29-64(30-13-55)82(65-31-14-56(2)15-32-65)72-45-49-74(50-46-72)84(68-37-20-59(5)21-38-68)70-41-25-62(26-42-70)80-78-11-9-8-10-76(78)77-53-24-61(7)54-79(77)81(80)63-27-43-71(44-28-63)85(69-39-22-60(6)23-40-69)75-51-47-73(48-52-75)83(66-33-16-57(3)17-34-66)67-35-18-58(4)19-36-67/h8-54H,1-7H3. The Hall–Kier alpha value is -10.4. The van der Waals surface area contributed by atoms with E-state index in [4.69, 9.17) is 0 Å². The predicted octanol–water partition coefficient (Wildman–Crippen LogP) is 23.4. The highest BCUT2D eigenvalue weighted by atomic mass is 15.2. The number of nitrogens with zero attached hydrogens (tertiary/aromatic N) is 4. The van der Waals surface area contributed by atoms with Gasteiger partial charge in [-0.05, 0) is 238 Å². The summed E-state index contributed by atoms with van der Waals surface area (Å²) >= 11 is 0. The molecule has 0 fully saturated rings. The molecule has 0 spiro atoms.